The standard InChI is InChI=1S/C22H23N3O3S/c26-14-6-13-25-21(28)17-9-4-5-10-18(17)24-22(25)29-19(15-7-2-1-3-8-15)20(27)23-16-11-12-16/h1-5,7-10,16,19,26H,6,11-14H2,(H,23,27)/t19-/m0/s1. The lowest BCUT2D eigenvalue weighted by atomic mass is 10.1. The fourth-order valence-electron chi connectivity index (χ4n) is 3.17. The largest absolute Gasteiger partial charge is 0.396 e. The molecule has 0 unspecified atom stereocenters. The number of carbonyl (C=O) groups excluding carboxylic acids is 1. The summed E-state index contributed by atoms with van der Waals surface area (Å²) in [6, 6.07) is 17.0. The average molecular weight is 410 g/mol. The van der Waals surface area contributed by atoms with Crippen LogP contribution in [0.4, 0.5) is 0 Å². The van der Waals surface area contributed by atoms with Crippen LogP contribution in [0.2, 0.25) is 0 Å². The lowest BCUT2D eigenvalue weighted by molar-refractivity contribution is -0.120. The van der Waals surface area contributed by atoms with E-state index in [0.29, 0.717) is 29.0 Å². The van der Waals surface area contributed by atoms with Crippen LogP contribution in [0.3, 0.4) is 0 Å². The molecule has 2 N–H and O–H groups in total. The van der Waals surface area contributed by atoms with E-state index in [9.17, 15) is 14.7 Å². The summed E-state index contributed by atoms with van der Waals surface area (Å²) in [4.78, 5) is 30.7. The molecule has 7 heteroatoms. The number of hydrogen-bond acceptors (Lipinski definition) is 5. The van der Waals surface area contributed by atoms with Crippen molar-refractivity contribution in [3.8, 4) is 0 Å². The Balaban J connectivity index is 1.75. The number of aliphatic hydroxyl groups excluding tert-OH is 1. The van der Waals surface area contributed by atoms with Gasteiger partial charge in [0.25, 0.3) is 5.56 Å². The minimum atomic E-state index is -0.509. The highest BCUT2D eigenvalue weighted by molar-refractivity contribution is 8.00. The predicted octanol–water partition coefficient (Wildman–Crippen LogP) is 2.89. The van der Waals surface area contributed by atoms with Gasteiger partial charge in [0.05, 0.1) is 10.9 Å². The zero-order valence-electron chi connectivity index (χ0n) is 16.0. The van der Waals surface area contributed by atoms with E-state index in [4.69, 9.17) is 4.98 Å². The van der Waals surface area contributed by atoms with E-state index in [1.807, 2.05) is 42.5 Å². The third kappa shape index (κ3) is 4.52. The molecule has 0 radical (unpaired) electrons. The normalized spacial score (nSPS) is 14.7. The zero-order chi connectivity index (χ0) is 20.2. The van der Waals surface area contributed by atoms with Crippen LogP contribution in [-0.2, 0) is 11.3 Å². The molecule has 1 saturated carbocycles. The van der Waals surface area contributed by atoms with Gasteiger partial charge in [0.2, 0.25) is 5.91 Å². The van der Waals surface area contributed by atoms with E-state index in [0.717, 1.165) is 18.4 Å². The van der Waals surface area contributed by atoms with Crippen molar-refractivity contribution in [3.05, 3.63) is 70.5 Å². The van der Waals surface area contributed by atoms with Crippen molar-refractivity contribution in [1.82, 2.24) is 14.9 Å². The molecule has 1 amide bonds. The van der Waals surface area contributed by atoms with Gasteiger partial charge < -0.3 is 10.4 Å². The van der Waals surface area contributed by atoms with Gasteiger partial charge >= 0.3 is 0 Å². The first kappa shape index (κ1) is 19.7. The lowest BCUT2D eigenvalue weighted by Gasteiger charge is -2.19. The van der Waals surface area contributed by atoms with Crippen molar-refractivity contribution in [2.75, 3.05) is 6.61 Å². The smallest absolute Gasteiger partial charge is 0.262 e. The van der Waals surface area contributed by atoms with Crippen molar-refractivity contribution < 1.29 is 9.90 Å². The van der Waals surface area contributed by atoms with Gasteiger partial charge in [-0.2, -0.15) is 0 Å². The minimum absolute atomic E-state index is 0.0202. The Kier molecular flexibility index (Phi) is 5.97. The number of para-hydroxylation sites is 1. The molecule has 0 aliphatic heterocycles. The maximum absolute atomic E-state index is 13.1. The molecular formula is C22H23N3O3S. The number of hydrogen-bond donors (Lipinski definition) is 2. The molecule has 2 aromatic carbocycles. The number of fused-ring (bicyclic) bond motifs is 1. The molecule has 0 saturated heterocycles. The van der Waals surface area contributed by atoms with Gasteiger partial charge in [-0.3, -0.25) is 14.2 Å². The van der Waals surface area contributed by atoms with Crippen LogP contribution in [0.1, 0.15) is 30.1 Å². The molecule has 1 atom stereocenters. The zero-order valence-corrected chi connectivity index (χ0v) is 16.8. The first-order valence-electron chi connectivity index (χ1n) is 9.80. The lowest BCUT2D eigenvalue weighted by Crippen LogP contribution is -2.31. The first-order valence-corrected chi connectivity index (χ1v) is 10.7. The number of amides is 1. The monoisotopic (exact) mass is 409 g/mol. The van der Waals surface area contributed by atoms with Gasteiger partial charge in [0, 0.05) is 19.2 Å². The fourth-order valence-corrected chi connectivity index (χ4v) is 4.31. The van der Waals surface area contributed by atoms with Gasteiger partial charge in [-0.15, -0.1) is 0 Å². The van der Waals surface area contributed by atoms with E-state index in [2.05, 4.69) is 5.32 Å². The maximum atomic E-state index is 13.1. The third-order valence-electron chi connectivity index (χ3n) is 4.85. The Hall–Kier alpha value is -2.64. The molecule has 1 fully saturated rings. The number of rotatable bonds is 8. The minimum Gasteiger partial charge on any atom is -0.396 e. The summed E-state index contributed by atoms with van der Waals surface area (Å²) < 4.78 is 1.57. The van der Waals surface area contributed by atoms with Crippen LogP contribution >= 0.6 is 11.8 Å². The van der Waals surface area contributed by atoms with Gasteiger partial charge in [0.1, 0.15) is 5.25 Å². The van der Waals surface area contributed by atoms with Gasteiger partial charge in [-0.05, 0) is 37.0 Å². The molecule has 4 rings (SSSR count). The summed E-state index contributed by atoms with van der Waals surface area (Å²) in [6.45, 7) is 0.328. The Labute approximate surface area is 173 Å². The molecular weight excluding hydrogens is 386 g/mol. The van der Waals surface area contributed by atoms with Crippen LogP contribution < -0.4 is 10.9 Å². The highest BCUT2D eigenvalue weighted by Crippen LogP contribution is 2.35. The van der Waals surface area contributed by atoms with E-state index >= 15 is 0 Å². The van der Waals surface area contributed by atoms with Gasteiger partial charge in [0.15, 0.2) is 5.16 Å². The molecule has 3 aromatic rings. The van der Waals surface area contributed by atoms with Crippen LogP contribution in [-0.4, -0.2) is 33.2 Å². The van der Waals surface area contributed by atoms with Gasteiger partial charge in [-0.1, -0.05) is 54.2 Å². The van der Waals surface area contributed by atoms with Crippen molar-refractivity contribution in [3.63, 3.8) is 0 Å². The number of nitrogens with one attached hydrogen (secondary N) is 1. The van der Waals surface area contributed by atoms with Crippen LogP contribution in [0.5, 0.6) is 0 Å². The summed E-state index contributed by atoms with van der Waals surface area (Å²) in [5.74, 6) is -0.0696. The van der Waals surface area contributed by atoms with Crippen LogP contribution in [0.15, 0.2) is 64.5 Å². The SMILES string of the molecule is O=C(NC1CC1)[C@@H](Sc1nc2ccccc2c(=O)n1CCCO)c1ccccc1. The number of nitrogens with zero attached hydrogens (tertiary/aromatic N) is 2. The summed E-state index contributed by atoms with van der Waals surface area (Å²) in [5, 5.41) is 12.9. The summed E-state index contributed by atoms with van der Waals surface area (Å²) >= 11 is 1.28. The second-order valence-corrected chi connectivity index (χ2v) is 8.21. The maximum Gasteiger partial charge on any atom is 0.262 e. The molecule has 6 nitrogen and oxygen atoms in total. The van der Waals surface area contributed by atoms with Gasteiger partial charge in [-0.25, -0.2) is 4.98 Å². The topological polar surface area (TPSA) is 84.2 Å². The van der Waals surface area contributed by atoms with Crippen LogP contribution in [0.25, 0.3) is 10.9 Å². The number of aromatic nitrogens is 2. The Morgan fingerprint density at radius 2 is 1.90 bits per heavy atom. The van der Waals surface area contributed by atoms with Crippen LogP contribution in [0, 0.1) is 0 Å². The first-order chi connectivity index (χ1) is 14.2. The molecule has 150 valence electrons. The Morgan fingerprint density at radius 1 is 1.17 bits per heavy atom. The van der Waals surface area contributed by atoms with E-state index < -0.39 is 5.25 Å². The highest BCUT2D eigenvalue weighted by Gasteiger charge is 2.30. The molecule has 0 spiro atoms. The molecule has 1 aromatic heterocycles. The Morgan fingerprint density at radius 3 is 2.62 bits per heavy atom. The highest BCUT2D eigenvalue weighted by atomic mass is 32.2. The third-order valence-corrected chi connectivity index (χ3v) is 6.10. The average Bonchev–Trinajstić information content (AvgIpc) is 3.56. The van der Waals surface area contributed by atoms with Crippen molar-refractivity contribution in [2.45, 2.75) is 42.3 Å². The molecule has 1 heterocycles. The number of carbonyl (C=O) groups is 1. The van der Waals surface area contributed by atoms with E-state index in [-0.39, 0.29) is 24.1 Å². The van der Waals surface area contributed by atoms with Crippen molar-refractivity contribution >= 4 is 28.6 Å². The Bertz CT molecular complexity index is 1060. The molecule has 1 aliphatic carbocycles. The fraction of sp³-hybridized carbons (Fsp3) is 0.318. The van der Waals surface area contributed by atoms with Crippen molar-refractivity contribution in [2.24, 2.45) is 0 Å². The van der Waals surface area contributed by atoms with Crippen molar-refractivity contribution in [1.29, 1.82) is 0 Å². The predicted molar refractivity (Wildman–Crippen MR) is 114 cm³/mol. The van der Waals surface area contributed by atoms with E-state index in [1.54, 1.807) is 16.7 Å². The number of benzene rings is 2. The summed E-state index contributed by atoms with van der Waals surface area (Å²) in [6.07, 6.45) is 2.46. The number of thioether (sulfide) groups is 1. The quantitative estimate of drug-likeness (QED) is 0.441. The van der Waals surface area contributed by atoms with E-state index in [1.165, 1.54) is 11.8 Å². The summed E-state index contributed by atoms with van der Waals surface area (Å²) in [5.41, 5.74) is 1.32. The number of aliphatic hydroxyl groups is 1. The molecule has 0 bridgehead atoms. The summed E-state index contributed by atoms with van der Waals surface area (Å²) in [7, 11) is 0. The molecule has 1 aliphatic rings. The second kappa shape index (κ2) is 8.80. The molecule has 29 heavy (non-hydrogen) atoms. The second-order valence-electron chi connectivity index (χ2n) is 7.14.